The molecule has 0 aliphatic heterocycles. The van der Waals surface area contributed by atoms with Crippen molar-refractivity contribution in [2.45, 2.75) is 26.7 Å². The third kappa shape index (κ3) is 5.14. The van der Waals surface area contributed by atoms with Crippen LogP contribution < -0.4 is 4.74 Å². The number of hydrogen-bond acceptors (Lipinski definition) is 5. The lowest BCUT2D eigenvalue weighted by Crippen LogP contribution is -2.16. The molecule has 1 aromatic heterocycles. The van der Waals surface area contributed by atoms with E-state index in [4.69, 9.17) is 9.47 Å². The topological polar surface area (TPSA) is 60.8 Å². The molecule has 0 spiro atoms. The van der Waals surface area contributed by atoms with Gasteiger partial charge in [0, 0.05) is 24.2 Å². The van der Waals surface area contributed by atoms with Gasteiger partial charge in [-0.05, 0) is 19.4 Å². The number of aryl methyl sites for hydroxylation is 1. The van der Waals surface area contributed by atoms with Crippen molar-refractivity contribution in [3.8, 4) is 5.88 Å². The summed E-state index contributed by atoms with van der Waals surface area (Å²) in [5.74, 6) is 0.0225. The maximum Gasteiger partial charge on any atom is 0.344 e. The third-order valence-electron chi connectivity index (χ3n) is 3.60. The Morgan fingerprint density at radius 2 is 1.88 bits per heavy atom. The van der Waals surface area contributed by atoms with Crippen molar-refractivity contribution >= 4 is 11.7 Å². The highest BCUT2D eigenvalue weighted by molar-refractivity contribution is 6.13. The Morgan fingerprint density at radius 3 is 2.52 bits per heavy atom. The molecule has 0 unspecified atom stereocenters. The zero-order valence-electron chi connectivity index (χ0n) is 15.0. The summed E-state index contributed by atoms with van der Waals surface area (Å²) >= 11 is 0. The number of carbonyl (C=O) groups excluding carboxylic acids is 1. The minimum Gasteiger partial charge on any atom is -0.466 e. The van der Waals surface area contributed by atoms with Gasteiger partial charge in [-0.1, -0.05) is 43.7 Å². The van der Waals surface area contributed by atoms with Gasteiger partial charge in [0.1, 0.15) is 0 Å². The van der Waals surface area contributed by atoms with E-state index in [1.54, 1.807) is 20.0 Å². The Balaban J connectivity index is 2.28. The zero-order valence-corrected chi connectivity index (χ0v) is 15.0. The molecule has 132 valence electrons. The molecule has 0 amide bonds. The van der Waals surface area contributed by atoms with Gasteiger partial charge in [-0.3, -0.25) is 4.99 Å². The van der Waals surface area contributed by atoms with Crippen LogP contribution in [0.3, 0.4) is 0 Å². The van der Waals surface area contributed by atoms with Crippen molar-refractivity contribution in [1.29, 1.82) is 0 Å². The number of carbonyl (C=O) groups is 1. The Kier molecular flexibility index (Phi) is 7.14. The Morgan fingerprint density at radius 1 is 1.12 bits per heavy atom. The molecular weight excluding hydrogens is 316 g/mol. The van der Waals surface area contributed by atoms with Crippen LogP contribution in [0.25, 0.3) is 0 Å². The van der Waals surface area contributed by atoms with Crippen LogP contribution in [-0.4, -0.2) is 36.9 Å². The Hall–Kier alpha value is -2.69. The van der Waals surface area contributed by atoms with E-state index in [0.717, 1.165) is 35.4 Å². The second-order valence-corrected chi connectivity index (χ2v) is 5.43. The van der Waals surface area contributed by atoms with Crippen LogP contribution >= 0.6 is 0 Å². The standard InChI is InChI=1S/C20H24N2O3/c1-4-9-17-16(20(21-3)15-10-7-6-8-11-15)12-13-18(22-17)25-14-19(23)24-5-2/h6-8,10-13H,4-5,9,14H2,1-3H3. The molecule has 1 aromatic carbocycles. The number of benzene rings is 1. The van der Waals surface area contributed by atoms with Crippen molar-refractivity contribution < 1.29 is 14.3 Å². The number of hydrogen-bond donors (Lipinski definition) is 0. The molecular formula is C20H24N2O3. The van der Waals surface area contributed by atoms with Gasteiger partial charge in [-0.25, -0.2) is 9.78 Å². The third-order valence-corrected chi connectivity index (χ3v) is 3.60. The predicted molar refractivity (Wildman–Crippen MR) is 98.4 cm³/mol. The van der Waals surface area contributed by atoms with Crippen molar-refractivity contribution in [3.05, 3.63) is 59.3 Å². The van der Waals surface area contributed by atoms with Crippen LogP contribution in [0.15, 0.2) is 47.5 Å². The van der Waals surface area contributed by atoms with Crippen molar-refractivity contribution in [1.82, 2.24) is 4.98 Å². The highest BCUT2D eigenvalue weighted by Crippen LogP contribution is 2.19. The minimum absolute atomic E-state index is 0.140. The average molecular weight is 340 g/mol. The smallest absolute Gasteiger partial charge is 0.344 e. The molecule has 0 saturated carbocycles. The van der Waals surface area contributed by atoms with Gasteiger partial charge < -0.3 is 9.47 Å². The number of nitrogens with zero attached hydrogens (tertiary/aromatic N) is 2. The second-order valence-electron chi connectivity index (χ2n) is 5.43. The van der Waals surface area contributed by atoms with Gasteiger partial charge in [0.15, 0.2) is 6.61 Å². The van der Waals surface area contributed by atoms with Crippen LogP contribution in [-0.2, 0) is 16.0 Å². The summed E-state index contributed by atoms with van der Waals surface area (Å²) in [5.41, 5.74) is 3.84. The van der Waals surface area contributed by atoms with Crippen molar-refractivity contribution in [2.24, 2.45) is 4.99 Å². The molecule has 0 bridgehead atoms. The first-order valence-electron chi connectivity index (χ1n) is 8.50. The maximum absolute atomic E-state index is 11.4. The van der Waals surface area contributed by atoms with Gasteiger partial charge >= 0.3 is 5.97 Å². The summed E-state index contributed by atoms with van der Waals surface area (Å²) in [6, 6.07) is 13.7. The first-order valence-corrected chi connectivity index (χ1v) is 8.50. The van der Waals surface area contributed by atoms with E-state index in [0.29, 0.717) is 12.5 Å². The first-order chi connectivity index (χ1) is 12.2. The number of aliphatic imine (C=N–C) groups is 1. The summed E-state index contributed by atoms with van der Waals surface area (Å²) < 4.78 is 10.3. The van der Waals surface area contributed by atoms with Gasteiger partial charge in [0.2, 0.25) is 5.88 Å². The quantitative estimate of drug-likeness (QED) is 0.545. The fourth-order valence-electron chi connectivity index (χ4n) is 2.54. The van der Waals surface area contributed by atoms with Crippen molar-refractivity contribution in [2.75, 3.05) is 20.3 Å². The number of rotatable bonds is 8. The molecule has 5 heteroatoms. The van der Waals surface area contributed by atoms with Gasteiger partial charge in [0.05, 0.1) is 18.0 Å². The van der Waals surface area contributed by atoms with Crippen LogP contribution in [0.4, 0.5) is 0 Å². The lowest BCUT2D eigenvalue weighted by atomic mass is 9.99. The lowest BCUT2D eigenvalue weighted by molar-refractivity contribution is -0.145. The SMILES string of the molecule is CCCc1nc(OCC(=O)OCC)ccc1C(=NC)c1ccccc1. The molecule has 0 saturated heterocycles. The van der Waals surface area contributed by atoms with Crippen LogP contribution in [0.5, 0.6) is 5.88 Å². The van der Waals surface area contributed by atoms with Gasteiger partial charge in [0.25, 0.3) is 0 Å². The second kappa shape index (κ2) is 9.57. The molecule has 25 heavy (non-hydrogen) atoms. The van der Waals surface area contributed by atoms with Crippen LogP contribution in [0, 0.1) is 0 Å². The molecule has 0 fully saturated rings. The zero-order chi connectivity index (χ0) is 18.1. The van der Waals surface area contributed by atoms with E-state index < -0.39 is 5.97 Å². The largest absolute Gasteiger partial charge is 0.466 e. The fraction of sp³-hybridized carbons (Fsp3) is 0.350. The van der Waals surface area contributed by atoms with Gasteiger partial charge in [-0.2, -0.15) is 0 Å². The number of esters is 1. The van der Waals surface area contributed by atoms with E-state index in [1.165, 1.54) is 0 Å². The van der Waals surface area contributed by atoms with Gasteiger partial charge in [-0.15, -0.1) is 0 Å². The van der Waals surface area contributed by atoms with E-state index in [2.05, 4.69) is 16.9 Å². The monoisotopic (exact) mass is 340 g/mol. The molecule has 0 atom stereocenters. The fourth-order valence-corrected chi connectivity index (χ4v) is 2.54. The maximum atomic E-state index is 11.4. The molecule has 0 N–H and O–H groups in total. The summed E-state index contributed by atoms with van der Waals surface area (Å²) in [5, 5.41) is 0. The molecule has 2 rings (SSSR count). The average Bonchev–Trinajstić information content (AvgIpc) is 2.63. The number of ether oxygens (including phenoxy) is 2. The predicted octanol–water partition coefficient (Wildman–Crippen LogP) is 3.44. The molecule has 5 nitrogen and oxygen atoms in total. The minimum atomic E-state index is -0.398. The molecule has 0 aliphatic carbocycles. The Bertz CT molecular complexity index is 727. The first kappa shape index (κ1) is 18.6. The van der Waals surface area contributed by atoms with Crippen molar-refractivity contribution in [3.63, 3.8) is 0 Å². The van der Waals surface area contributed by atoms with E-state index in [1.807, 2.05) is 36.4 Å². The number of aromatic nitrogens is 1. The van der Waals surface area contributed by atoms with E-state index >= 15 is 0 Å². The van der Waals surface area contributed by atoms with E-state index in [-0.39, 0.29) is 6.61 Å². The summed E-state index contributed by atoms with van der Waals surface area (Å²) in [7, 11) is 1.78. The molecule has 1 heterocycles. The highest BCUT2D eigenvalue weighted by Gasteiger charge is 2.14. The molecule has 0 aliphatic rings. The highest BCUT2D eigenvalue weighted by atomic mass is 16.6. The number of pyridine rings is 1. The van der Waals surface area contributed by atoms with E-state index in [9.17, 15) is 4.79 Å². The summed E-state index contributed by atoms with van der Waals surface area (Å²) in [6.45, 7) is 4.06. The molecule has 2 aromatic rings. The Labute approximate surface area is 148 Å². The lowest BCUT2D eigenvalue weighted by Gasteiger charge is -2.13. The van der Waals surface area contributed by atoms with Crippen LogP contribution in [0.1, 0.15) is 37.1 Å². The summed E-state index contributed by atoms with van der Waals surface area (Å²) in [6.07, 6.45) is 1.75. The van der Waals surface area contributed by atoms with Crippen LogP contribution in [0.2, 0.25) is 0 Å². The normalized spacial score (nSPS) is 11.2. The molecule has 0 radical (unpaired) electrons. The summed E-state index contributed by atoms with van der Waals surface area (Å²) in [4.78, 5) is 20.5.